The molecule has 0 aliphatic heterocycles. The number of amides is 2. The van der Waals surface area contributed by atoms with Crippen molar-refractivity contribution in [1.29, 1.82) is 0 Å². The predicted molar refractivity (Wildman–Crippen MR) is 150 cm³/mol. The summed E-state index contributed by atoms with van der Waals surface area (Å²) >= 11 is 0. The third-order valence-electron chi connectivity index (χ3n) is 7.25. The number of rotatable bonds is 8. The molecule has 0 radical (unpaired) electrons. The molecule has 1 aromatic heterocycles. The van der Waals surface area contributed by atoms with Gasteiger partial charge in [-0.05, 0) is 65.5 Å². The van der Waals surface area contributed by atoms with E-state index in [4.69, 9.17) is 0 Å². The Bertz CT molecular complexity index is 1110. The molecule has 3 N–H and O–H groups in total. The van der Waals surface area contributed by atoms with Gasteiger partial charge in [-0.15, -0.1) is 0 Å². The van der Waals surface area contributed by atoms with Crippen molar-refractivity contribution in [3.8, 4) is 11.1 Å². The van der Waals surface area contributed by atoms with Crippen molar-refractivity contribution in [3.63, 3.8) is 0 Å². The van der Waals surface area contributed by atoms with Crippen LogP contribution in [0.4, 0.5) is 16.2 Å². The monoisotopic (exact) mass is 484 g/mol. The van der Waals surface area contributed by atoms with E-state index < -0.39 is 0 Å². The molecule has 36 heavy (non-hydrogen) atoms. The lowest BCUT2D eigenvalue weighted by Gasteiger charge is -2.33. The molecule has 1 aliphatic rings. The van der Waals surface area contributed by atoms with E-state index in [-0.39, 0.29) is 12.2 Å². The fraction of sp³-hybridized carbons (Fsp3) is 0.419. The van der Waals surface area contributed by atoms with Gasteiger partial charge in [0.05, 0.1) is 0 Å². The van der Waals surface area contributed by atoms with Crippen molar-refractivity contribution in [3.05, 3.63) is 78.1 Å². The highest BCUT2D eigenvalue weighted by Crippen LogP contribution is 2.34. The third kappa shape index (κ3) is 6.26. The number of pyridine rings is 1. The second-order valence-corrected chi connectivity index (χ2v) is 10.5. The summed E-state index contributed by atoms with van der Waals surface area (Å²) in [6.07, 6.45) is 9.34. The molecule has 5 heteroatoms. The van der Waals surface area contributed by atoms with Crippen molar-refractivity contribution >= 4 is 17.4 Å². The molecule has 1 fully saturated rings. The molecular weight excluding hydrogens is 444 g/mol. The van der Waals surface area contributed by atoms with Gasteiger partial charge in [-0.2, -0.15) is 0 Å². The Balaban J connectivity index is 1.60. The standard InChI is InChI=1S/C31H40N4O/c1-21(2)25-14-10-15-26(22(3)4)29(25)34-31(36)35-30(24-11-6-5-7-12-24)33-28-16-9-8-13-27(28)23-17-19-32-20-18-23/h8-10,13-22,24,30,33H,5-7,11-12H2,1-4H3,(H2,34,35,36). The highest BCUT2D eigenvalue weighted by atomic mass is 16.2. The van der Waals surface area contributed by atoms with Crippen LogP contribution in [0.1, 0.15) is 82.8 Å². The molecule has 1 unspecified atom stereocenters. The first-order valence-electron chi connectivity index (χ1n) is 13.4. The van der Waals surface area contributed by atoms with E-state index in [2.05, 4.69) is 79.0 Å². The van der Waals surface area contributed by atoms with Crippen LogP contribution in [0.3, 0.4) is 0 Å². The highest BCUT2D eigenvalue weighted by Gasteiger charge is 2.27. The zero-order valence-electron chi connectivity index (χ0n) is 22.1. The summed E-state index contributed by atoms with van der Waals surface area (Å²) in [7, 11) is 0. The minimum Gasteiger partial charge on any atom is -0.365 e. The van der Waals surface area contributed by atoms with Crippen LogP contribution in [0.25, 0.3) is 11.1 Å². The molecule has 4 rings (SSSR count). The van der Waals surface area contributed by atoms with Crippen LogP contribution in [0.15, 0.2) is 67.0 Å². The van der Waals surface area contributed by atoms with Gasteiger partial charge in [0.15, 0.2) is 0 Å². The molecular formula is C31H40N4O. The Morgan fingerprint density at radius 2 is 1.47 bits per heavy atom. The molecule has 2 aromatic carbocycles. The number of para-hydroxylation sites is 2. The Kier molecular flexibility index (Phi) is 8.63. The Morgan fingerprint density at radius 3 is 2.11 bits per heavy atom. The maximum atomic E-state index is 13.5. The molecule has 190 valence electrons. The van der Waals surface area contributed by atoms with Gasteiger partial charge in [0, 0.05) is 29.3 Å². The van der Waals surface area contributed by atoms with E-state index >= 15 is 0 Å². The minimum absolute atomic E-state index is 0.158. The Labute approximate surface area is 216 Å². The summed E-state index contributed by atoms with van der Waals surface area (Å²) < 4.78 is 0. The van der Waals surface area contributed by atoms with E-state index in [0.29, 0.717) is 17.8 Å². The Hall–Kier alpha value is -3.34. The molecule has 1 atom stereocenters. The fourth-order valence-electron chi connectivity index (χ4n) is 5.29. The first-order valence-corrected chi connectivity index (χ1v) is 13.4. The maximum Gasteiger partial charge on any atom is 0.320 e. The highest BCUT2D eigenvalue weighted by molar-refractivity contribution is 5.92. The average molecular weight is 485 g/mol. The van der Waals surface area contributed by atoms with Crippen molar-refractivity contribution in [2.24, 2.45) is 5.92 Å². The normalized spacial score (nSPS) is 15.1. The first kappa shape index (κ1) is 25.7. The van der Waals surface area contributed by atoms with Crippen molar-refractivity contribution in [2.75, 3.05) is 10.6 Å². The van der Waals surface area contributed by atoms with Crippen LogP contribution in [-0.4, -0.2) is 17.2 Å². The maximum absolute atomic E-state index is 13.5. The quantitative estimate of drug-likeness (QED) is 0.283. The van der Waals surface area contributed by atoms with Crippen LogP contribution in [0, 0.1) is 5.92 Å². The number of nitrogens with zero attached hydrogens (tertiary/aromatic N) is 1. The van der Waals surface area contributed by atoms with E-state index in [1.54, 1.807) is 0 Å². The van der Waals surface area contributed by atoms with Gasteiger partial charge < -0.3 is 16.0 Å². The lowest BCUT2D eigenvalue weighted by molar-refractivity contribution is 0.237. The SMILES string of the molecule is CC(C)c1cccc(C(C)C)c1NC(=O)NC(Nc1ccccc1-c1ccncc1)C1CCCCC1. The number of anilines is 2. The number of benzene rings is 2. The number of nitrogens with one attached hydrogen (secondary N) is 3. The molecule has 2 amide bonds. The van der Waals surface area contributed by atoms with E-state index in [1.165, 1.54) is 30.4 Å². The molecule has 1 heterocycles. The number of hydrogen-bond donors (Lipinski definition) is 3. The summed E-state index contributed by atoms with van der Waals surface area (Å²) in [4.78, 5) is 17.7. The van der Waals surface area contributed by atoms with Gasteiger partial charge in [0.1, 0.15) is 6.17 Å². The molecule has 1 saturated carbocycles. The number of hydrogen-bond acceptors (Lipinski definition) is 3. The molecule has 0 spiro atoms. The molecule has 0 bridgehead atoms. The second kappa shape index (κ2) is 12.1. The van der Waals surface area contributed by atoms with Crippen LogP contribution >= 0.6 is 0 Å². The first-order chi connectivity index (χ1) is 17.4. The zero-order chi connectivity index (χ0) is 25.5. The van der Waals surface area contributed by atoms with Gasteiger partial charge >= 0.3 is 6.03 Å². The number of aromatic nitrogens is 1. The molecule has 1 aliphatic carbocycles. The van der Waals surface area contributed by atoms with Crippen molar-refractivity contribution in [1.82, 2.24) is 10.3 Å². The summed E-state index contributed by atoms with van der Waals surface area (Å²) in [5.74, 6) is 1.01. The van der Waals surface area contributed by atoms with Crippen molar-refractivity contribution in [2.45, 2.75) is 77.8 Å². The van der Waals surface area contributed by atoms with Crippen LogP contribution in [0.5, 0.6) is 0 Å². The van der Waals surface area contributed by atoms with Gasteiger partial charge in [-0.25, -0.2) is 4.79 Å². The third-order valence-corrected chi connectivity index (χ3v) is 7.25. The topological polar surface area (TPSA) is 66.1 Å². The summed E-state index contributed by atoms with van der Waals surface area (Å²) in [5.41, 5.74) is 6.51. The average Bonchev–Trinajstić information content (AvgIpc) is 2.89. The predicted octanol–water partition coefficient (Wildman–Crippen LogP) is 8.14. The summed E-state index contributed by atoms with van der Waals surface area (Å²) in [5, 5.41) is 10.3. The van der Waals surface area contributed by atoms with Gasteiger partial charge in [-0.3, -0.25) is 4.98 Å². The Morgan fingerprint density at radius 1 is 0.833 bits per heavy atom. The van der Waals surface area contributed by atoms with Gasteiger partial charge in [0.25, 0.3) is 0 Å². The van der Waals surface area contributed by atoms with Crippen LogP contribution in [-0.2, 0) is 0 Å². The van der Waals surface area contributed by atoms with E-state index in [0.717, 1.165) is 35.3 Å². The summed E-state index contributed by atoms with van der Waals surface area (Å²) in [6.45, 7) is 8.69. The molecule has 0 saturated heterocycles. The lowest BCUT2D eigenvalue weighted by atomic mass is 9.86. The fourth-order valence-corrected chi connectivity index (χ4v) is 5.29. The lowest BCUT2D eigenvalue weighted by Crippen LogP contribution is -2.48. The van der Waals surface area contributed by atoms with E-state index in [1.807, 2.05) is 36.7 Å². The van der Waals surface area contributed by atoms with Gasteiger partial charge in [-0.1, -0.05) is 83.4 Å². The molecule has 5 nitrogen and oxygen atoms in total. The van der Waals surface area contributed by atoms with E-state index in [9.17, 15) is 4.79 Å². The zero-order valence-corrected chi connectivity index (χ0v) is 22.1. The second-order valence-electron chi connectivity index (χ2n) is 10.5. The largest absolute Gasteiger partial charge is 0.365 e. The van der Waals surface area contributed by atoms with Crippen LogP contribution < -0.4 is 16.0 Å². The minimum atomic E-state index is -0.165. The molecule has 3 aromatic rings. The number of carbonyl (C=O) groups excluding carboxylic acids is 1. The van der Waals surface area contributed by atoms with Crippen LogP contribution in [0.2, 0.25) is 0 Å². The summed E-state index contributed by atoms with van der Waals surface area (Å²) in [6, 6.07) is 18.5. The van der Waals surface area contributed by atoms with Crippen molar-refractivity contribution < 1.29 is 4.79 Å². The number of urea groups is 1. The smallest absolute Gasteiger partial charge is 0.320 e. The number of carbonyl (C=O) groups is 1. The van der Waals surface area contributed by atoms with Gasteiger partial charge in [0.2, 0.25) is 0 Å².